The van der Waals surface area contributed by atoms with Crippen molar-refractivity contribution in [1.29, 1.82) is 0 Å². The second kappa shape index (κ2) is 3.83. The van der Waals surface area contributed by atoms with E-state index in [2.05, 4.69) is 4.98 Å². The van der Waals surface area contributed by atoms with Crippen molar-refractivity contribution in [3.05, 3.63) is 12.1 Å². The zero-order valence-electron chi connectivity index (χ0n) is 8.86. The molecule has 1 aromatic carbocycles. The Bertz CT molecular complexity index is 480. The Morgan fingerprint density at radius 3 is 2.81 bits per heavy atom. The second-order valence-corrected chi connectivity index (χ2v) is 4.37. The van der Waals surface area contributed by atoms with Gasteiger partial charge in [0.15, 0.2) is 11.5 Å². The SMILES string of the molecule is CCOc1nc2cc3c(cc2s1)OCCO3. The van der Waals surface area contributed by atoms with Crippen LogP contribution in [0.1, 0.15) is 6.92 Å². The summed E-state index contributed by atoms with van der Waals surface area (Å²) in [7, 11) is 0. The molecule has 1 aliphatic heterocycles. The third kappa shape index (κ3) is 1.57. The van der Waals surface area contributed by atoms with Gasteiger partial charge in [-0.2, -0.15) is 0 Å². The molecule has 0 bridgehead atoms. The summed E-state index contributed by atoms with van der Waals surface area (Å²) in [4.78, 5) is 4.37. The molecule has 0 fully saturated rings. The summed E-state index contributed by atoms with van der Waals surface area (Å²) in [6, 6.07) is 3.87. The highest BCUT2D eigenvalue weighted by atomic mass is 32.1. The second-order valence-electron chi connectivity index (χ2n) is 3.38. The molecule has 3 rings (SSSR count). The van der Waals surface area contributed by atoms with E-state index in [1.807, 2.05) is 19.1 Å². The zero-order chi connectivity index (χ0) is 11.0. The van der Waals surface area contributed by atoms with Gasteiger partial charge in [-0.05, 0) is 6.92 Å². The van der Waals surface area contributed by atoms with E-state index in [1.54, 1.807) is 0 Å². The van der Waals surface area contributed by atoms with E-state index < -0.39 is 0 Å². The first kappa shape index (κ1) is 9.72. The first-order valence-corrected chi connectivity index (χ1v) is 6.01. The van der Waals surface area contributed by atoms with E-state index >= 15 is 0 Å². The van der Waals surface area contributed by atoms with Crippen molar-refractivity contribution in [1.82, 2.24) is 4.98 Å². The maximum absolute atomic E-state index is 5.51. The van der Waals surface area contributed by atoms with E-state index in [0.717, 1.165) is 21.7 Å². The van der Waals surface area contributed by atoms with Crippen LogP contribution in [0, 0.1) is 0 Å². The fourth-order valence-corrected chi connectivity index (χ4v) is 2.51. The van der Waals surface area contributed by atoms with E-state index in [9.17, 15) is 0 Å². The number of benzene rings is 1. The monoisotopic (exact) mass is 237 g/mol. The molecular formula is C11H11NO3S. The van der Waals surface area contributed by atoms with Gasteiger partial charge in [-0.15, -0.1) is 0 Å². The summed E-state index contributed by atoms with van der Waals surface area (Å²) in [5, 5.41) is 0.694. The van der Waals surface area contributed by atoms with Crippen LogP contribution in [-0.2, 0) is 0 Å². The number of rotatable bonds is 2. The summed E-state index contributed by atoms with van der Waals surface area (Å²) in [6.45, 7) is 3.78. The molecule has 0 atom stereocenters. The minimum absolute atomic E-state index is 0.598. The van der Waals surface area contributed by atoms with Crippen LogP contribution in [0.5, 0.6) is 16.7 Å². The van der Waals surface area contributed by atoms with Crippen LogP contribution in [0.3, 0.4) is 0 Å². The average Bonchev–Trinajstić information content (AvgIpc) is 2.67. The lowest BCUT2D eigenvalue weighted by atomic mass is 10.3. The lowest BCUT2D eigenvalue weighted by molar-refractivity contribution is 0.172. The van der Waals surface area contributed by atoms with Crippen molar-refractivity contribution in [2.24, 2.45) is 0 Å². The molecule has 84 valence electrons. The molecule has 4 nitrogen and oxygen atoms in total. The standard InChI is InChI=1S/C11H11NO3S/c1-2-13-11-12-7-5-8-9(6-10(7)16-11)15-4-3-14-8/h5-6H,2-4H2,1H3. The highest BCUT2D eigenvalue weighted by Crippen LogP contribution is 2.38. The average molecular weight is 237 g/mol. The minimum atomic E-state index is 0.598. The maximum atomic E-state index is 5.51. The van der Waals surface area contributed by atoms with E-state index in [4.69, 9.17) is 14.2 Å². The van der Waals surface area contributed by atoms with Crippen LogP contribution in [0.15, 0.2) is 12.1 Å². The lowest BCUT2D eigenvalue weighted by Gasteiger charge is -2.17. The summed E-state index contributed by atoms with van der Waals surface area (Å²) in [5.41, 5.74) is 0.901. The molecular weight excluding hydrogens is 226 g/mol. The summed E-state index contributed by atoms with van der Waals surface area (Å²) in [5.74, 6) is 1.57. The van der Waals surface area contributed by atoms with Gasteiger partial charge < -0.3 is 14.2 Å². The molecule has 0 saturated heterocycles. The predicted molar refractivity (Wildman–Crippen MR) is 61.8 cm³/mol. The number of fused-ring (bicyclic) bond motifs is 2. The predicted octanol–water partition coefficient (Wildman–Crippen LogP) is 2.47. The first-order chi connectivity index (χ1) is 7.86. The molecule has 1 aromatic heterocycles. The highest BCUT2D eigenvalue weighted by Gasteiger charge is 2.15. The molecule has 2 aromatic rings. The number of aromatic nitrogens is 1. The Balaban J connectivity index is 2.09. The van der Waals surface area contributed by atoms with Crippen molar-refractivity contribution in [2.75, 3.05) is 19.8 Å². The number of ether oxygens (including phenoxy) is 3. The quantitative estimate of drug-likeness (QED) is 0.804. The van der Waals surface area contributed by atoms with Gasteiger partial charge >= 0.3 is 0 Å². The van der Waals surface area contributed by atoms with Crippen LogP contribution in [0.25, 0.3) is 10.2 Å². The topological polar surface area (TPSA) is 40.6 Å². The maximum Gasteiger partial charge on any atom is 0.274 e. The Hall–Kier alpha value is -1.49. The van der Waals surface area contributed by atoms with Crippen LogP contribution in [-0.4, -0.2) is 24.8 Å². The fraction of sp³-hybridized carbons (Fsp3) is 0.364. The first-order valence-electron chi connectivity index (χ1n) is 5.20. The van der Waals surface area contributed by atoms with Gasteiger partial charge in [0.05, 0.1) is 16.8 Å². The highest BCUT2D eigenvalue weighted by molar-refractivity contribution is 7.20. The summed E-state index contributed by atoms with van der Waals surface area (Å²) < 4.78 is 17.5. The normalized spacial score (nSPS) is 14.1. The van der Waals surface area contributed by atoms with Gasteiger partial charge in [-0.3, -0.25) is 0 Å². The van der Waals surface area contributed by atoms with Gasteiger partial charge in [0.1, 0.15) is 13.2 Å². The molecule has 0 radical (unpaired) electrons. The molecule has 16 heavy (non-hydrogen) atoms. The Kier molecular flexibility index (Phi) is 2.32. The lowest BCUT2D eigenvalue weighted by Crippen LogP contribution is -2.15. The van der Waals surface area contributed by atoms with Gasteiger partial charge in [0.25, 0.3) is 5.19 Å². The molecule has 0 amide bonds. The number of hydrogen-bond donors (Lipinski definition) is 0. The zero-order valence-corrected chi connectivity index (χ0v) is 9.67. The molecule has 0 saturated carbocycles. The summed E-state index contributed by atoms with van der Waals surface area (Å²) in [6.07, 6.45) is 0. The molecule has 1 aliphatic rings. The Morgan fingerprint density at radius 2 is 2.06 bits per heavy atom. The molecule has 0 unspecified atom stereocenters. The van der Waals surface area contributed by atoms with Crippen molar-refractivity contribution >= 4 is 21.6 Å². The van der Waals surface area contributed by atoms with Gasteiger partial charge in [0, 0.05) is 12.1 Å². The molecule has 0 spiro atoms. The van der Waals surface area contributed by atoms with Gasteiger partial charge in [-0.1, -0.05) is 11.3 Å². The third-order valence-corrected chi connectivity index (χ3v) is 3.23. The van der Waals surface area contributed by atoms with Crippen molar-refractivity contribution in [2.45, 2.75) is 6.92 Å². The van der Waals surface area contributed by atoms with Crippen molar-refractivity contribution in [3.63, 3.8) is 0 Å². The molecule has 0 N–H and O–H groups in total. The number of nitrogens with zero attached hydrogens (tertiary/aromatic N) is 1. The third-order valence-electron chi connectivity index (χ3n) is 2.30. The number of hydrogen-bond acceptors (Lipinski definition) is 5. The fourth-order valence-electron chi connectivity index (χ4n) is 1.63. The van der Waals surface area contributed by atoms with Crippen molar-refractivity contribution < 1.29 is 14.2 Å². The molecule has 5 heteroatoms. The molecule has 2 heterocycles. The van der Waals surface area contributed by atoms with Gasteiger partial charge in [0.2, 0.25) is 0 Å². The minimum Gasteiger partial charge on any atom is -0.486 e. The van der Waals surface area contributed by atoms with Crippen LogP contribution in [0.2, 0.25) is 0 Å². The number of thiazole rings is 1. The Morgan fingerprint density at radius 1 is 1.31 bits per heavy atom. The van der Waals surface area contributed by atoms with Gasteiger partial charge in [-0.25, -0.2) is 4.98 Å². The van der Waals surface area contributed by atoms with Crippen LogP contribution < -0.4 is 14.2 Å². The molecule has 0 aliphatic carbocycles. The van der Waals surface area contributed by atoms with Crippen LogP contribution in [0.4, 0.5) is 0 Å². The van der Waals surface area contributed by atoms with E-state index in [0.29, 0.717) is 25.0 Å². The Labute approximate surface area is 96.8 Å². The summed E-state index contributed by atoms with van der Waals surface area (Å²) >= 11 is 1.53. The van der Waals surface area contributed by atoms with Crippen LogP contribution >= 0.6 is 11.3 Å². The van der Waals surface area contributed by atoms with E-state index in [-0.39, 0.29) is 0 Å². The van der Waals surface area contributed by atoms with Crippen molar-refractivity contribution in [3.8, 4) is 16.7 Å². The van der Waals surface area contributed by atoms with E-state index in [1.165, 1.54) is 11.3 Å². The largest absolute Gasteiger partial charge is 0.486 e. The smallest absolute Gasteiger partial charge is 0.274 e.